The van der Waals surface area contributed by atoms with E-state index in [4.69, 9.17) is 9.07 Å². The lowest BCUT2D eigenvalue weighted by atomic mass is 9.99. The summed E-state index contributed by atoms with van der Waals surface area (Å²) in [6.07, 6.45) is 5.86. The molecule has 1 aromatic heterocycles. The zero-order chi connectivity index (χ0) is 16.6. The lowest BCUT2D eigenvalue weighted by molar-refractivity contribution is -0.163. The van der Waals surface area contributed by atoms with Gasteiger partial charge in [-0.2, -0.15) is 0 Å². The van der Waals surface area contributed by atoms with Crippen molar-refractivity contribution < 1.29 is 14.0 Å². The van der Waals surface area contributed by atoms with E-state index in [9.17, 15) is 0 Å². The van der Waals surface area contributed by atoms with Crippen molar-refractivity contribution in [1.82, 2.24) is 19.6 Å². The summed E-state index contributed by atoms with van der Waals surface area (Å²) < 4.78 is 12.8. The van der Waals surface area contributed by atoms with E-state index >= 15 is 0 Å². The van der Waals surface area contributed by atoms with Crippen LogP contribution in [0.15, 0.2) is 12.4 Å². The average Bonchev–Trinajstić information content (AvgIpc) is 2.66. The van der Waals surface area contributed by atoms with Crippen LogP contribution in [0.1, 0.15) is 12.8 Å². The lowest BCUT2D eigenvalue weighted by Crippen LogP contribution is -2.43. The predicted octanol–water partition coefficient (Wildman–Crippen LogP) is 1.12. The minimum absolute atomic E-state index is 0.611. The fraction of sp³-hybridized carbons (Fsp3) is 0.733. The molecule has 0 aliphatic carbocycles. The maximum absolute atomic E-state index is 5.79. The Morgan fingerprint density at radius 1 is 1.17 bits per heavy atom. The molecule has 0 aromatic carbocycles. The summed E-state index contributed by atoms with van der Waals surface area (Å²) in [4.78, 5) is 15.7. The van der Waals surface area contributed by atoms with Crippen molar-refractivity contribution in [3.8, 4) is 5.88 Å². The summed E-state index contributed by atoms with van der Waals surface area (Å²) in [5.74, 6) is 2.12. The number of anilines is 1. The quantitative estimate of drug-likeness (QED) is 0.335. The van der Waals surface area contributed by atoms with Gasteiger partial charge in [0.15, 0.2) is 0 Å². The van der Waals surface area contributed by atoms with Crippen molar-refractivity contribution in [1.29, 1.82) is 0 Å². The summed E-state index contributed by atoms with van der Waals surface area (Å²) in [5, 5.41) is 3.36. The number of hydrogen-bond donors (Lipinski definition) is 1. The Labute approximate surface area is 147 Å². The van der Waals surface area contributed by atoms with E-state index in [2.05, 4.69) is 29.4 Å². The maximum atomic E-state index is 5.79. The molecule has 24 heavy (non-hydrogen) atoms. The third kappa shape index (κ3) is 5.18. The Balaban J connectivity index is 1.43. The van der Waals surface area contributed by atoms with E-state index in [1.54, 1.807) is 12.4 Å². The first kappa shape index (κ1) is 17.7. The van der Waals surface area contributed by atoms with Crippen molar-refractivity contribution in [2.45, 2.75) is 12.8 Å². The van der Waals surface area contributed by atoms with Crippen LogP contribution < -0.4 is 15.0 Å². The molecule has 0 atom stereocenters. The van der Waals surface area contributed by atoms with Crippen LogP contribution in [0, 0.1) is 5.92 Å². The second-order valence-electron chi connectivity index (χ2n) is 5.94. The number of ether oxygens (including phenoxy) is 1. The van der Waals surface area contributed by atoms with Crippen LogP contribution in [0.5, 0.6) is 5.88 Å². The highest BCUT2D eigenvalue weighted by Gasteiger charge is 2.20. The summed E-state index contributed by atoms with van der Waals surface area (Å²) >= 11 is 1.24. The number of hydrogen-bond acceptors (Lipinski definition) is 9. The third-order valence-corrected chi connectivity index (χ3v) is 5.08. The van der Waals surface area contributed by atoms with Gasteiger partial charge in [-0.1, -0.05) is 0 Å². The molecule has 2 aliphatic rings. The molecule has 0 saturated carbocycles. The van der Waals surface area contributed by atoms with Gasteiger partial charge in [0.25, 0.3) is 0 Å². The number of piperidine rings is 1. The molecule has 1 N–H and O–H groups in total. The van der Waals surface area contributed by atoms with Gasteiger partial charge >= 0.3 is 0 Å². The predicted molar refractivity (Wildman–Crippen MR) is 92.6 cm³/mol. The monoisotopic (exact) mass is 355 g/mol. The van der Waals surface area contributed by atoms with Gasteiger partial charge in [-0.05, 0) is 31.8 Å². The second kappa shape index (κ2) is 9.38. The van der Waals surface area contributed by atoms with Crippen LogP contribution >= 0.6 is 12.2 Å². The van der Waals surface area contributed by atoms with Crippen LogP contribution in [0.2, 0.25) is 0 Å². The molecule has 2 saturated heterocycles. The van der Waals surface area contributed by atoms with Crippen LogP contribution in [0.25, 0.3) is 0 Å². The van der Waals surface area contributed by atoms with E-state index in [1.807, 2.05) is 0 Å². The van der Waals surface area contributed by atoms with Crippen molar-refractivity contribution in [2.75, 3.05) is 57.9 Å². The minimum Gasteiger partial charge on any atom is -0.476 e. The van der Waals surface area contributed by atoms with Crippen LogP contribution in [0.4, 0.5) is 5.82 Å². The molecule has 0 spiro atoms. The Hall–Kier alpha value is -1.13. The van der Waals surface area contributed by atoms with Gasteiger partial charge < -0.3 is 15.0 Å². The normalized spacial score (nSPS) is 20.3. The van der Waals surface area contributed by atoms with Gasteiger partial charge in [0.1, 0.15) is 18.0 Å². The molecular formula is C15H25N5O3S. The largest absolute Gasteiger partial charge is 0.476 e. The molecule has 1 aromatic rings. The minimum atomic E-state index is 0.611. The molecule has 3 heterocycles. The molecular weight excluding hydrogens is 330 g/mol. The smallest absolute Gasteiger partial charge is 0.232 e. The molecule has 0 amide bonds. The number of rotatable bonds is 7. The Morgan fingerprint density at radius 3 is 2.62 bits per heavy atom. The molecule has 8 nitrogen and oxygen atoms in total. The van der Waals surface area contributed by atoms with Crippen molar-refractivity contribution >= 4 is 18.0 Å². The molecule has 3 rings (SSSR count). The van der Waals surface area contributed by atoms with Crippen LogP contribution in [-0.4, -0.2) is 67.3 Å². The molecule has 134 valence electrons. The molecule has 0 radical (unpaired) electrons. The van der Waals surface area contributed by atoms with E-state index in [0.717, 1.165) is 51.7 Å². The molecule has 0 bridgehead atoms. The molecule has 2 fully saturated rings. The zero-order valence-electron chi connectivity index (χ0n) is 14.0. The Morgan fingerprint density at radius 2 is 1.96 bits per heavy atom. The summed E-state index contributed by atoms with van der Waals surface area (Å²) in [5.41, 5.74) is 0. The first-order valence-electron chi connectivity index (χ1n) is 8.38. The highest BCUT2D eigenvalue weighted by atomic mass is 32.2. The Kier molecular flexibility index (Phi) is 6.91. The average molecular weight is 355 g/mol. The lowest BCUT2D eigenvalue weighted by Gasteiger charge is -2.33. The zero-order valence-corrected chi connectivity index (χ0v) is 14.8. The van der Waals surface area contributed by atoms with Gasteiger partial charge in [0.2, 0.25) is 5.88 Å². The molecule has 0 unspecified atom stereocenters. The van der Waals surface area contributed by atoms with Crippen molar-refractivity contribution in [3.05, 3.63) is 12.4 Å². The van der Waals surface area contributed by atoms with E-state index in [0.29, 0.717) is 11.8 Å². The fourth-order valence-electron chi connectivity index (χ4n) is 2.86. The van der Waals surface area contributed by atoms with Crippen molar-refractivity contribution in [2.24, 2.45) is 5.92 Å². The van der Waals surface area contributed by atoms with Crippen molar-refractivity contribution in [3.63, 3.8) is 0 Å². The standard InChI is InChI=1S/C15H25N5O3S/c1-21-23-24-20-8-6-19(7-9-20)14-10-18-15(11-17-14)22-12-13-2-4-16-5-3-13/h10-11,13,16H,2-9,12H2,1H3. The SMILES string of the molecule is COOSN1CCN(c2cnc(OCC3CCNCC3)cn2)CC1. The Bertz CT molecular complexity index is 479. The van der Waals surface area contributed by atoms with Gasteiger partial charge in [0.05, 0.1) is 26.1 Å². The summed E-state index contributed by atoms with van der Waals surface area (Å²) in [7, 11) is 1.51. The first-order chi connectivity index (χ1) is 11.8. The van der Waals surface area contributed by atoms with Crippen LogP contribution in [-0.2, 0) is 9.22 Å². The summed E-state index contributed by atoms with van der Waals surface area (Å²) in [6, 6.07) is 0. The second-order valence-corrected chi connectivity index (χ2v) is 6.74. The van der Waals surface area contributed by atoms with Crippen LogP contribution in [0.3, 0.4) is 0 Å². The van der Waals surface area contributed by atoms with E-state index < -0.39 is 0 Å². The summed E-state index contributed by atoms with van der Waals surface area (Å²) in [6.45, 7) is 6.41. The number of piperazine rings is 1. The van der Waals surface area contributed by atoms with Gasteiger partial charge in [-0.3, -0.25) is 0 Å². The fourth-order valence-corrected chi connectivity index (χ4v) is 3.32. The van der Waals surface area contributed by atoms with Gasteiger partial charge in [-0.25, -0.2) is 19.2 Å². The van der Waals surface area contributed by atoms with E-state index in [1.165, 1.54) is 32.2 Å². The van der Waals surface area contributed by atoms with Gasteiger partial charge in [-0.15, -0.1) is 4.33 Å². The number of nitrogens with one attached hydrogen (secondary N) is 1. The third-order valence-electron chi connectivity index (χ3n) is 4.31. The van der Waals surface area contributed by atoms with E-state index in [-0.39, 0.29) is 0 Å². The number of nitrogens with zero attached hydrogens (tertiary/aromatic N) is 4. The molecule has 2 aliphatic heterocycles. The molecule has 9 heteroatoms. The van der Waals surface area contributed by atoms with Gasteiger partial charge in [0, 0.05) is 26.2 Å². The topological polar surface area (TPSA) is 72.0 Å². The first-order valence-corrected chi connectivity index (χ1v) is 9.08. The maximum Gasteiger partial charge on any atom is 0.232 e. The highest BCUT2D eigenvalue weighted by molar-refractivity contribution is 7.92. The number of aromatic nitrogens is 2. The highest BCUT2D eigenvalue weighted by Crippen LogP contribution is 2.19.